The predicted molar refractivity (Wildman–Crippen MR) is 102 cm³/mol. The SMILES string of the molecule is COc1ccc(OC)c(N/C=C(/C#N)C(=O)Nc2cccc(C(C)=O)c2)c1. The summed E-state index contributed by atoms with van der Waals surface area (Å²) in [5.74, 6) is 0.399. The van der Waals surface area contributed by atoms with Gasteiger partial charge in [-0.3, -0.25) is 9.59 Å². The molecule has 0 saturated carbocycles. The molecule has 2 N–H and O–H groups in total. The van der Waals surface area contributed by atoms with E-state index in [2.05, 4.69) is 10.6 Å². The van der Waals surface area contributed by atoms with Crippen molar-refractivity contribution in [2.24, 2.45) is 0 Å². The Morgan fingerprint density at radius 3 is 2.52 bits per heavy atom. The molecule has 7 heteroatoms. The highest BCUT2D eigenvalue weighted by Gasteiger charge is 2.11. The second-order valence-electron chi connectivity index (χ2n) is 5.47. The number of amides is 1. The Kier molecular flexibility index (Phi) is 6.55. The highest BCUT2D eigenvalue weighted by atomic mass is 16.5. The molecule has 2 aromatic carbocycles. The predicted octanol–water partition coefficient (Wildman–Crippen LogP) is 3.36. The number of nitrogens with zero attached hydrogens (tertiary/aromatic N) is 1. The number of anilines is 2. The average Bonchev–Trinajstić information content (AvgIpc) is 2.68. The van der Waals surface area contributed by atoms with Crippen molar-refractivity contribution in [3.8, 4) is 17.6 Å². The van der Waals surface area contributed by atoms with Gasteiger partial charge in [0.1, 0.15) is 23.1 Å². The fourth-order valence-electron chi connectivity index (χ4n) is 2.24. The zero-order chi connectivity index (χ0) is 19.8. The van der Waals surface area contributed by atoms with Gasteiger partial charge in [0.25, 0.3) is 5.91 Å². The fourth-order valence-corrected chi connectivity index (χ4v) is 2.24. The Hall–Kier alpha value is -3.79. The summed E-state index contributed by atoms with van der Waals surface area (Å²) >= 11 is 0. The second kappa shape index (κ2) is 9.06. The molecule has 0 radical (unpaired) electrons. The topological polar surface area (TPSA) is 100 Å². The van der Waals surface area contributed by atoms with Crippen molar-refractivity contribution in [1.82, 2.24) is 0 Å². The summed E-state index contributed by atoms with van der Waals surface area (Å²) in [5.41, 5.74) is 1.28. The van der Waals surface area contributed by atoms with E-state index in [1.807, 2.05) is 6.07 Å². The Morgan fingerprint density at radius 1 is 1.11 bits per heavy atom. The number of nitriles is 1. The molecule has 0 saturated heterocycles. The van der Waals surface area contributed by atoms with Crippen LogP contribution in [0.25, 0.3) is 0 Å². The van der Waals surface area contributed by atoms with Crippen molar-refractivity contribution in [2.45, 2.75) is 6.92 Å². The van der Waals surface area contributed by atoms with Crippen molar-refractivity contribution >= 4 is 23.1 Å². The number of methoxy groups -OCH3 is 2. The maximum atomic E-state index is 12.3. The molecular formula is C20H19N3O4. The minimum absolute atomic E-state index is 0.117. The van der Waals surface area contributed by atoms with E-state index in [1.54, 1.807) is 42.5 Å². The van der Waals surface area contributed by atoms with Crippen LogP contribution in [0.5, 0.6) is 11.5 Å². The summed E-state index contributed by atoms with van der Waals surface area (Å²) in [6.07, 6.45) is 1.28. The molecule has 0 bridgehead atoms. The summed E-state index contributed by atoms with van der Waals surface area (Å²) in [7, 11) is 3.04. The molecule has 0 atom stereocenters. The van der Waals surface area contributed by atoms with Crippen LogP contribution in [-0.2, 0) is 4.79 Å². The Bertz CT molecular complexity index is 929. The van der Waals surface area contributed by atoms with Crippen LogP contribution in [-0.4, -0.2) is 25.9 Å². The number of carbonyl (C=O) groups is 2. The summed E-state index contributed by atoms with van der Waals surface area (Å²) in [6.45, 7) is 1.44. The maximum absolute atomic E-state index is 12.3. The largest absolute Gasteiger partial charge is 0.497 e. The monoisotopic (exact) mass is 365 g/mol. The van der Waals surface area contributed by atoms with Gasteiger partial charge >= 0.3 is 0 Å². The fraction of sp³-hybridized carbons (Fsp3) is 0.150. The first-order valence-corrected chi connectivity index (χ1v) is 7.99. The molecule has 27 heavy (non-hydrogen) atoms. The van der Waals surface area contributed by atoms with E-state index < -0.39 is 5.91 Å². The number of ether oxygens (including phenoxy) is 2. The van der Waals surface area contributed by atoms with Gasteiger partial charge in [0.2, 0.25) is 0 Å². The van der Waals surface area contributed by atoms with E-state index in [9.17, 15) is 14.9 Å². The van der Waals surface area contributed by atoms with Crippen molar-refractivity contribution in [1.29, 1.82) is 5.26 Å². The van der Waals surface area contributed by atoms with Crippen LogP contribution in [0.15, 0.2) is 54.2 Å². The van der Waals surface area contributed by atoms with Gasteiger partial charge in [0, 0.05) is 23.5 Å². The van der Waals surface area contributed by atoms with Gasteiger partial charge in [-0.25, -0.2) is 0 Å². The molecule has 0 aliphatic heterocycles. The molecule has 0 aliphatic rings. The number of ketones is 1. The van der Waals surface area contributed by atoms with Crippen LogP contribution in [0.4, 0.5) is 11.4 Å². The summed E-state index contributed by atoms with van der Waals surface area (Å²) < 4.78 is 10.4. The first kappa shape index (κ1) is 19.5. The number of Topliss-reactive ketones (excluding diaryl/α,β-unsaturated/α-hetero) is 1. The zero-order valence-electron chi connectivity index (χ0n) is 15.2. The lowest BCUT2D eigenvalue weighted by atomic mass is 10.1. The number of rotatable bonds is 7. The average molecular weight is 365 g/mol. The third-order valence-corrected chi connectivity index (χ3v) is 3.67. The molecule has 0 fully saturated rings. The number of carbonyl (C=O) groups excluding carboxylic acids is 2. The Morgan fingerprint density at radius 2 is 1.89 bits per heavy atom. The van der Waals surface area contributed by atoms with E-state index >= 15 is 0 Å². The molecule has 2 rings (SSSR count). The van der Waals surface area contributed by atoms with E-state index in [1.165, 1.54) is 27.3 Å². The molecular weight excluding hydrogens is 346 g/mol. The lowest BCUT2D eigenvalue weighted by Crippen LogP contribution is -2.15. The van der Waals surface area contributed by atoms with Gasteiger partial charge in [0.05, 0.1) is 19.9 Å². The number of hydrogen-bond acceptors (Lipinski definition) is 6. The molecule has 2 aromatic rings. The van der Waals surface area contributed by atoms with Gasteiger partial charge in [-0.05, 0) is 31.2 Å². The van der Waals surface area contributed by atoms with Crippen LogP contribution >= 0.6 is 0 Å². The standard InChI is InChI=1S/C20H19N3O4/c1-13(24)14-5-4-6-16(9-14)23-20(25)15(11-21)12-22-18-10-17(26-2)7-8-19(18)27-3/h4-10,12,22H,1-3H3,(H,23,25)/b15-12-. The minimum atomic E-state index is -0.604. The van der Waals surface area contributed by atoms with Gasteiger partial charge in [-0.15, -0.1) is 0 Å². The zero-order valence-corrected chi connectivity index (χ0v) is 15.2. The molecule has 138 valence electrons. The van der Waals surface area contributed by atoms with Gasteiger partial charge in [-0.2, -0.15) is 5.26 Å². The van der Waals surface area contributed by atoms with Crippen LogP contribution in [0, 0.1) is 11.3 Å². The highest BCUT2D eigenvalue weighted by Crippen LogP contribution is 2.29. The minimum Gasteiger partial charge on any atom is -0.497 e. The Labute approximate surface area is 157 Å². The van der Waals surface area contributed by atoms with E-state index in [0.29, 0.717) is 28.4 Å². The number of hydrogen-bond donors (Lipinski definition) is 2. The second-order valence-corrected chi connectivity index (χ2v) is 5.47. The van der Waals surface area contributed by atoms with Crippen LogP contribution in [0.3, 0.4) is 0 Å². The highest BCUT2D eigenvalue weighted by molar-refractivity contribution is 6.07. The molecule has 0 unspecified atom stereocenters. The molecule has 1 amide bonds. The van der Waals surface area contributed by atoms with Gasteiger partial charge in [0.15, 0.2) is 5.78 Å². The van der Waals surface area contributed by atoms with Gasteiger partial charge < -0.3 is 20.1 Å². The van der Waals surface area contributed by atoms with Crippen LogP contribution in [0.2, 0.25) is 0 Å². The van der Waals surface area contributed by atoms with Crippen LogP contribution in [0.1, 0.15) is 17.3 Å². The third-order valence-electron chi connectivity index (χ3n) is 3.67. The Balaban J connectivity index is 2.19. The summed E-state index contributed by atoms with van der Waals surface area (Å²) in [4.78, 5) is 23.8. The molecule has 0 heterocycles. The van der Waals surface area contributed by atoms with Crippen molar-refractivity contribution in [3.63, 3.8) is 0 Å². The summed E-state index contributed by atoms with van der Waals surface area (Å²) in [5, 5.41) is 14.8. The van der Waals surface area contributed by atoms with E-state index in [0.717, 1.165) is 0 Å². The molecule has 0 aliphatic carbocycles. The van der Waals surface area contributed by atoms with Crippen molar-refractivity contribution < 1.29 is 19.1 Å². The first-order chi connectivity index (χ1) is 13.0. The normalized spacial score (nSPS) is 10.5. The lowest BCUT2D eigenvalue weighted by molar-refractivity contribution is -0.112. The smallest absolute Gasteiger partial charge is 0.267 e. The maximum Gasteiger partial charge on any atom is 0.267 e. The molecule has 0 spiro atoms. The first-order valence-electron chi connectivity index (χ1n) is 7.99. The third kappa shape index (κ3) is 5.09. The number of nitrogens with one attached hydrogen (secondary N) is 2. The van der Waals surface area contributed by atoms with Crippen molar-refractivity contribution in [2.75, 3.05) is 24.9 Å². The molecule has 0 aromatic heterocycles. The van der Waals surface area contributed by atoms with Crippen molar-refractivity contribution in [3.05, 3.63) is 59.8 Å². The van der Waals surface area contributed by atoms with Crippen LogP contribution < -0.4 is 20.1 Å². The summed E-state index contributed by atoms with van der Waals surface area (Å²) in [6, 6.07) is 13.4. The lowest BCUT2D eigenvalue weighted by Gasteiger charge is -2.10. The van der Waals surface area contributed by atoms with E-state index in [4.69, 9.17) is 9.47 Å². The number of benzene rings is 2. The van der Waals surface area contributed by atoms with E-state index in [-0.39, 0.29) is 11.4 Å². The van der Waals surface area contributed by atoms with Gasteiger partial charge in [-0.1, -0.05) is 12.1 Å². The molecule has 7 nitrogen and oxygen atoms in total. The quantitative estimate of drug-likeness (QED) is 0.443.